The van der Waals surface area contributed by atoms with E-state index in [1.807, 2.05) is 6.07 Å². The molecule has 1 aliphatic heterocycles. The quantitative estimate of drug-likeness (QED) is 0.0931. The van der Waals surface area contributed by atoms with Crippen LogP contribution in [0.3, 0.4) is 0 Å². The molecule has 1 aliphatic rings. The minimum absolute atomic E-state index is 0.149. The van der Waals surface area contributed by atoms with Crippen molar-refractivity contribution in [1.82, 2.24) is 29.2 Å². The molecule has 7 aromatic rings. The summed E-state index contributed by atoms with van der Waals surface area (Å²) in [6, 6.07) is 17.8. The number of aliphatic carboxylic acids is 1. The molecule has 0 saturated carbocycles. The Balaban J connectivity index is 1.13. The van der Waals surface area contributed by atoms with E-state index in [2.05, 4.69) is 27.0 Å². The van der Waals surface area contributed by atoms with Gasteiger partial charge in [-0.25, -0.2) is 13.7 Å². The fourth-order valence-electron chi connectivity index (χ4n) is 7.39. The number of likely N-dealkylation sites (N-methyl/N-ethyl adjacent to an activating group) is 1. The van der Waals surface area contributed by atoms with Gasteiger partial charge in [-0.05, 0) is 65.2 Å². The number of ether oxygens (including phenoxy) is 3. The van der Waals surface area contributed by atoms with Gasteiger partial charge in [0.15, 0.2) is 6.10 Å². The molecule has 16 heteroatoms. The Kier molecular flexibility index (Phi) is 10.5. The summed E-state index contributed by atoms with van der Waals surface area (Å²) in [7, 11) is 2.10. The second kappa shape index (κ2) is 15.7. The minimum Gasteiger partial charge on any atom is -0.491 e. The molecule has 8 rings (SSSR count). The molecule has 4 heterocycles. The summed E-state index contributed by atoms with van der Waals surface area (Å²) in [5, 5.41) is 22.9. The van der Waals surface area contributed by atoms with Crippen molar-refractivity contribution < 1.29 is 41.7 Å². The summed E-state index contributed by atoms with van der Waals surface area (Å²) >= 11 is 7.13. The van der Waals surface area contributed by atoms with Crippen LogP contribution in [0.25, 0.3) is 37.8 Å². The van der Waals surface area contributed by atoms with E-state index >= 15 is 0 Å². The van der Waals surface area contributed by atoms with Gasteiger partial charge in [-0.15, -0.1) is 0 Å². The SMILES string of the molecule is CN1CCN(CCOc2ccc3c(c2Cl)c2cc(F)ccc2c2cn4nccc(OC(Cc5ccccc5OCc5ccnn5CC(F)(F)F)C(=O)O)c4c23)CC1. The van der Waals surface area contributed by atoms with Crippen LogP contribution < -0.4 is 14.2 Å². The van der Waals surface area contributed by atoms with Crippen molar-refractivity contribution >= 4 is 55.4 Å². The molecule has 1 fully saturated rings. The third-order valence-corrected chi connectivity index (χ3v) is 10.6. The number of carbonyl (C=O) groups is 1. The van der Waals surface area contributed by atoms with Gasteiger partial charge in [0.05, 0.1) is 16.9 Å². The van der Waals surface area contributed by atoms with E-state index in [-0.39, 0.29) is 30.2 Å². The van der Waals surface area contributed by atoms with E-state index in [0.29, 0.717) is 55.4 Å². The number of hydrogen-bond acceptors (Lipinski definition) is 8. The van der Waals surface area contributed by atoms with Crippen molar-refractivity contribution in [2.24, 2.45) is 0 Å². The number of hydrogen-bond donors (Lipinski definition) is 1. The first-order valence-electron chi connectivity index (χ1n) is 18.3. The highest BCUT2D eigenvalue weighted by atomic mass is 35.5. The number of halogens is 5. The van der Waals surface area contributed by atoms with Crippen LogP contribution in [-0.4, -0.2) is 98.9 Å². The molecule has 1 saturated heterocycles. The molecule has 0 radical (unpaired) electrons. The Morgan fingerprint density at radius 3 is 2.44 bits per heavy atom. The average molecular weight is 805 g/mol. The van der Waals surface area contributed by atoms with Gasteiger partial charge in [-0.2, -0.15) is 23.4 Å². The van der Waals surface area contributed by atoms with Gasteiger partial charge >= 0.3 is 12.1 Å². The predicted octanol–water partition coefficient (Wildman–Crippen LogP) is 7.63. The van der Waals surface area contributed by atoms with Crippen LogP contribution in [0.2, 0.25) is 5.02 Å². The van der Waals surface area contributed by atoms with Gasteiger partial charge in [-0.3, -0.25) is 9.58 Å². The fraction of sp³-hybridized carbons (Fsp3) is 0.293. The zero-order valence-electron chi connectivity index (χ0n) is 30.7. The number of carboxylic acid groups (broad SMARTS) is 1. The Hall–Kier alpha value is -5.64. The second-order valence-electron chi connectivity index (χ2n) is 14.0. The minimum atomic E-state index is -4.47. The molecule has 57 heavy (non-hydrogen) atoms. The molecule has 1 atom stereocenters. The summed E-state index contributed by atoms with van der Waals surface area (Å²) in [6.07, 6.45) is -1.51. The van der Waals surface area contributed by atoms with E-state index in [1.54, 1.807) is 53.2 Å². The summed E-state index contributed by atoms with van der Waals surface area (Å²) in [5.41, 5.74) is 1.12. The van der Waals surface area contributed by atoms with Crippen LogP contribution in [0.5, 0.6) is 17.2 Å². The highest BCUT2D eigenvalue weighted by Crippen LogP contribution is 2.45. The summed E-state index contributed by atoms with van der Waals surface area (Å²) in [4.78, 5) is 17.4. The van der Waals surface area contributed by atoms with Crippen LogP contribution in [0.4, 0.5) is 17.6 Å². The molecule has 0 spiro atoms. The molecule has 3 aromatic heterocycles. The zero-order chi connectivity index (χ0) is 39.8. The van der Waals surface area contributed by atoms with E-state index in [9.17, 15) is 27.5 Å². The van der Waals surface area contributed by atoms with Crippen molar-refractivity contribution in [2.45, 2.75) is 31.9 Å². The number of piperazine rings is 1. The molecule has 1 unspecified atom stereocenters. The van der Waals surface area contributed by atoms with Crippen molar-refractivity contribution in [3.8, 4) is 17.2 Å². The molecular weight excluding hydrogens is 768 g/mol. The van der Waals surface area contributed by atoms with Crippen molar-refractivity contribution in [3.63, 3.8) is 0 Å². The normalized spacial score (nSPS) is 14.8. The Labute approximate surface area is 328 Å². The van der Waals surface area contributed by atoms with Crippen LogP contribution in [-0.2, 0) is 24.4 Å². The number of nitrogens with zero attached hydrogens (tertiary/aromatic N) is 6. The number of rotatable bonds is 13. The lowest BCUT2D eigenvalue weighted by Gasteiger charge is -2.32. The van der Waals surface area contributed by atoms with Crippen molar-refractivity contribution in [2.75, 3.05) is 46.4 Å². The van der Waals surface area contributed by atoms with Crippen LogP contribution in [0.15, 0.2) is 85.3 Å². The topological polar surface area (TPSA) is 107 Å². The lowest BCUT2D eigenvalue weighted by Crippen LogP contribution is -2.45. The van der Waals surface area contributed by atoms with Crippen molar-refractivity contribution in [1.29, 1.82) is 0 Å². The number of carboxylic acids is 1. The molecule has 11 nitrogen and oxygen atoms in total. The number of alkyl halides is 3. The lowest BCUT2D eigenvalue weighted by molar-refractivity contribution is -0.145. The van der Waals surface area contributed by atoms with E-state index < -0.39 is 30.6 Å². The van der Waals surface area contributed by atoms with Gasteiger partial charge in [0.1, 0.15) is 48.3 Å². The first kappa shape index (κ1) is 38.2. The molecule has 0 amide bonds. The molecule has 4 aromatic carbocycles. The summed E-state index contributed by atoms with van der Waals surface area (Å²) in [5.74, 6) is -0.745. The maximum Gasteiger partial charge on any atom is 0.408 e. The van der Waals surface area contributed by atoms with Gasteiger partial charge in [-0.1, -0.05) is 35.9 Å². The average Bonchev–Trinajstić information content (AvgIpc) is 3.79. The first-order chi connectivity index (χ1) is 27.4. The number of aromatic nitrogens is 4. The molecule has 1 N–H and O–H groups in total. The van der Waals surface area contributed by atoms with Gasteiger partial charge in [0.25, 0.3) is 0 Å². The number of para-hydroxylation sites is 1. The maximum atomic E-state index is 14.9. The number of fused-ring (bicyclic) bond motifs is 8. The molecular formula is C41H37ClF4N6O5. The van der Waals surface area contributed by atoms with E-state index in [0.717, 1.165) is 42.8 Å². The van der Waals surface area contributed by atoms with Crippen molar-refractivity contribution in [3.05, 3.63) is 107 Å². The zero-order valence-corrected chi connectivity index (χ0v) is 31.4. The van der Waals surface area contributed by atoms with E-state index in [1.165, 1.54) is 30.6 Å². The standard InChI is InChI=1S/C41H37ClF4N6O5/c1-49-14-16-50(17-15-49)18-19-55-33-9-8-29-36(38(33)42)30-21-26(43)6-7-28(30)31-22-51-39(37(29)31)34(11-13-47-51)57-35(40(53)54)20-25-4-2-3-5-32(25)56-23-27-10-12-48-52(27)24-41(44,45)46/h2-13,21-22,35H,14-20,23-24H2,1H3,(H,53,54). The number of benzene rings is 4. The third kappa shape index (κ3) is 8.00. The summed E-state index contributed by atoms with van der Waals surface area (Å²) in [6.45, 7) is 3.48. The van der Waals surface area contributed by atoms with Crippen LogP contribution in [0, 0.1) is 5.82 Å². The predicted molar refractivity (Wildman–Crippen MR) is 207 cm³/mol. The molecule has 0 aliphatic carbocycles. The Morgan fingerprint density at radius 2 is 1.65 bits per heavy atom. The highest BCUT2D eigenvalue weighted by molar-refractivity contribution is 6.42. The Bertz CT molecular complexity index is 2610. The second-order valence-corrected chi connectivity index (χ2v) is 14.4. The maximum absolute atomic E-state index is 14.9. The fourth-order valence-corrected chi connectivity index (χ4v) is 7.71. The third-order valence-electron chi connectivity index (χ3n) is 10.2. The largest absolute Gasteiger partial charge is 0.491 e. The smallest absolute Gasteiger partial charge is 0.408 e. The van der Waals surface area contributed by atoms with Crippen LogP contribution in [0.1, 0.15) is 11.3 Å². The summed E-state index contributed by atoms with van der Waals surface area (Å²) < 4.78 is 75.0. The lowest BCUT2D eigenvalue weighted by atomic mass is 9.95. The first-order valence-corrected chi connectivity index (χ1v) is 18.7. The highest BCUT2D eigenvalue weighted by Gasteiger charge is 2.30. The van der Waals surface area contributed by atoms with Gasteiger partial charge in [0.2, 0.25) is 0 Å². The van der Waals surface area contributed by atoms with E-state index in [4.69, 9.17) is 25.8 Å². The Morgan fingerprint density at radius 1 is 0.877 bits per heavy atom. The van der Waals surface area contributed by atoms with Crippen LogP contribution >= 0.6 is 11.6 Å². The monoisotopic (exact) mass is 804 g/mol. The molecule has 296 valence electrons. The van der Waals surface area contributed by atoms with Gasteiger partial charge < -0.3 is 24.2 Å². The van der Waals surface area contributed by atoms with Gasteiger partial charge in [0, 0.05) is 73.8 Å². The molecule has 0 bridgehead atoms.